The Morgan fingerprint density at radius 3 is 2.79 bits per heavy atom. The van der Waals surface area contributed by atoms with Gasteiger partial charge in [0.05, 0.1) is 11.1 Å². The van der Waals surface area contributed by atoms with E-state index in [1.165, 1.54) is 25.9 Å². The van der Waals surface area contributed by atoms with E-state index in [1.807, 2.05) is 12.1 Å². The lowest BCUT2D eigenvalue weighted by molar-refractivity contribution is 0.100. The maximum absolute atomic E-state index is 11.6. The van der Waals surface area contributed by atoms with Crippen LogP contribution in [0.25, 0.3) is 11.0 Å². The molecule has 1 aromatic carbocycles. The zero-order valence-electron chi connectivity index (χ0n) is 14.2. The minimum atomic E-state index is -0.418. The Hall–Kier alpha value is -1.92. The van der Waals surface area contributed by atoms with Crippen molar-refractivity contribution < 1.29 is 4.79 Å². The average Bonchev–Trinajstić information content (AvgIpc) is 3.21. The number of fused-ring (bicyclic) bond motifs is 1. The number of piperidine rings is 1. The van der Waals surface area contributed by atoms with Gasteiger partial charge in [0.15, 0.2) is 0 Å². The maximum atomic E-state index is 11.6. The van der Waals surface area contributed by atoms with E-state index in [1.54, 1.807) is 6.07 Å². The molecule has 4 rings (SSSR count). The Bertz CT molecular complexity index is 747. The molecular formula is C18H25N5O. The smallest absolute Gasteiger partial charge is 0.250 e. The number of hydrogen-bond acceptors (Lipinski definition) is 4. The third kappa shape index (κ3) is 2.80. The number of likely N-dealkylation sites (tertiary alicyclic amines) is 2. The molecule has 6 heteroatoms. The minimum absolute atomic E-state index is 0.415. The van der Waals surface area contributed by atoms with Gasteiger partial charge >= 0.3 is 0 Å². The van der Waals surface area contributed by atoms with Crippen molar-refractivity contribution in [3.05, 3.63) is 29.6 Å². The highest BCUT2D eigenvalue weighted by molar-refractivity contribution is 6.04. The van der Waals surface area contributed by atoms with Crippen molar-refractivity contribution in [2.24, 2.45) is 5.73 Å². The van der Waals surface area contributed by atoms with E-state index in [-0.39, 0.29) is 0 Å². The Morgan fingerprint density at radius 2 is 2.04 bits per heavy atom. The summed E-state index contributed by atoms with van der Waals surface area (Å²) in [6.45, 7) is 4.58. The van der Waals surface area contributed by atoms with Crippen LogP contribution in [0.4, 0.5) is 0 Å². The highest BCUT2D eigenvalue weighted by Gasteiger charge is 2.32. The maximum Gasteiger partial charge on any atom is 0.250 e. The summed E-state index contributed by atoms with van der Waals surface area (Å²) in [6.07, 6.45) is 3.64. The Balaban J connectivity index is 1.52. The van der Waals surface area contributed by atoms with Crippen LogP contribution in [0.3, 0.4) is 0 Å². The Labute approximate surface area is 142 Å². The zero-order valence-corrected chi connectivity index (χ0v) is 14.2. The average molecular weight is 327 g/mol. The third-order valence-corrected chi connectivity index (χ3v) is 5.61. The number of imidazole rings is 1. The van der Waals surface area contributed by atoms with Gasteiger partial charge in [-0.1, -0.05) is 6.07 Å². The highest BCUT2D eigenvalue weighted by Crippen LogP contribution is 2.31. The van der Waals surface area contributed by atoms with Crippen molar-refractivity contribution in [1.82, 2.24) is 19.8 Å². The van der Waals surface area contributed by atoms with Gasteiger partial charge < -0.3 is 15.6 Å². The predicted molar refractivity (Wildman–Crippen MR) is 94.1 cm³/mol. The summed E-state index contributed by atoms with van der Waals surface area (Å²) in [5, 5.41) is 0. The number of nitrogens with two attached hydrogens (primary N) is 1. The molecule has 2 aromatic rings. The van der Waals surface area contributed by atoms with Crippen molar-refractivity contribution in [2.75, 3.05) is 33.2 Å². The standard InChI is InChI=1S/C18H25N5O/c1-22-8-6-13(7-9-22)23-10-5-12(11-23)18-20-15-4-2-3-14(17(19)24)16(15)21-18/h2-4,12-13H,5-11H2,1H3,(H2,19,24)(H,20,21)/t12-/m0/s1. The normalized spacial score (nSPS) is 24.0. The van der Waals surface area contributed by atoms with Crippen LogP contribution in [0.15, 0.2) is 18.2 Å². The van der Waals surface area contributed by atoms with Crippen LogP contribution in [0.2, 0.25) is 0 Å². The number of nitrogens with zero attached hydrogens (tertiary/aromatic N) is 3. The number of primary amides is 1. The molecule has 0 saturated carbocycles. The summed E-state index contributed by atoms with van der Waals surface area (Å²) in [5.74, 6) is 0.991. The number of rotatable bonds is 3. The quantitative estimate of drug-likeness (QED) is 0.896. The molecule has 0 aliphatic carbocycles. The first-order chi connectivity index (χ1) is 11.6. The first kappa shape index (κ1) is 15.6. The fourth-order valence-electron chi connectivity index (χ4n) is 4.15. The topological polar surface area (TPSA) is 78.2 Å². The first-order valence-electron chi connectivity index (χ1n) is 8.83. The molecule has 128 valence electrons. The highest BCUT2D eigenvalue weighted by atomic mass is 16.1. The Kier molecular flexibility index (Phi) is 4.02. The van der Waals surface area contributed by atoms with Gasteiger partial charge in [-0.2, -0.15) is 0 Å². The molecule has 0 unspecified atom stereocenters. The second-order valence-electron chi connectivity index (χ2n) is 7.20. The number of para-hydroxylation sites is 1. The van der Waals surface area contributed by atoms with Gasteiger partial charge in [-0.3, -0.25) is 9.69 Å². The van der Waals surface area contributed by atoms with Gasteiger partial charge in [0.2, 0.25) is 0 Å². The monoisotopic (exact) mass is 327 g/mol. The first-order valence-corrected chi connectivity index (χ1v) is 8.83. The molecular weight excluding hydrogens is 302 g/mol. The number of H-pyrrole nitrogens is 1. The summed E-state index contributed by atoms with van der Waals surface area (Å²) in [6, 6.07) is 6.26. The molecule has 1 atom stereocenters. The molecule has 0 spiro atoms. The third-order valence-electron chi connectivity index (χ3n) is 5.61. The van der Waals surface area contributed by atoms with E-state index < -0.39 is 5.91 Å². The number of carbonyl (C=O) groups is 1. The molecule has 2 aliphatic heterocycles. The van der Waals surface area contributed by atoms with Gasteiger partial charge in [-0.05, 0) is 58.1 Å². The van der Waals surface area contributed by atoms with Crippen molar-refractivity contribution in [3.63, 3.8) is 0 Å². The van der Waals surface area contributed by atoms with E-state index in [2.05, 4.69) is 21.8 Å². The van der Waals surface area contributed by atoms with Gasteiger partial charge in [0.25, 0.3) is 5.91 Å². The van der Waals surface area contributed by atoms with Crippen LogP contribution >= 0.6 is 0 Å². The van der Waals surface area contributed by atoms with E-state index >= 15 is 0 Å². The molecule has 0 bridgehead atoms. The minimum Gasteiger partial charge on any atom is -0.366 e. The van der Waals surface area contributed by atoms with Crippen LogP contribution in [0.5, 0.6) is 0 Å². The van der Waals surface area contributed by atoms with E-state index in [0.717, 1.165) is 30.9 Å². The molecule has 3 heterocycles. The lowest BCUT2D eigenvalue weighted by Gasteiger charge is -2.35. The molecule has 6 nitrogen and oxygen atoms in total. The van der Waals surface area contributed by atoms with Crippen LogP contribution < -0.4 is 5.73 Å². The van der Waals surface area contributed by atoms with E-state index in [9.17, 15) is 4.79 Å². The SMILES string of the molecule is CN1CCC(N2CC[C@H](c3nc4c(C(N)=O)cccc4[nH]3)C2)CC1. The number of carbonyl (C=O) groups excluding carboxylic acids is 1. The van der Waals surface area contributed by atoms with Crippen LogP contribution in [0.1, 0.15) is 41.4 Å². The fraction of sp³-hybridized carbons (Fsp3) is 0.556. The number of benzene rings is 1. The number of aromatic amines is 1. The lowest BCUT2D eigenvalue weighted by atomic mass is 10.0. The van der Waals surface area contributed by atoms with Gasteiger partial charge in [-0.25, -0.2) is 4.98 Å². The number of nitrogens with one attached hydrogen (secondary N) is 1. The molecule has 1 aromatic heterocycles. The summed E-state index contributed by atoms with van der Waals surface area (Å²) in [7, 11) is 2.20. The largest absolute Gasteiger partial charge is 0.366 e. The summed E-state index contributed by atoms with van der Waals surface area (Å²) in [4.78, 5) is 24.7. The van der Waals surface area contributed by atoms with E-state index in [4.69, 9.17) is 10.7 Å². The van der Waals surface area contributed by atoms with Crippen LogP contribution in [-0.2, 0) is 0 Å². The van der Waals surface area contributed by atoms with Gasteiger partial charge in [-0.15, -0.1) is 0 Å². The Morgan fingerprint density at radius 1 is 1.25 bits per heavy atom. The van der Waals surface area contributed by atoms with Crippen molar-refractivity contribution in [3.8, 4) is 0 Å². The van der Waals surface area contributed by atoms with Crippen molar-refractivity contribution >= 4 is 16.9 Å². The van der Waals surface area contributed by atoms with Crippen molar-refractivity contribution in [1.29, 1.82) is 0 Å². The summed E-state index contributed by atoms with van der Waals surface area (Å²) >= 11 is 0. The van der Waals surface area contributed by atoms with Gasteiger partial charge in [0, 0.05) is 18.5 Å². The molecule has 1 amide bonds. The van der Waals surface area contributed by atoms with Crippen LogP contribution in [0, 0.1) is 0 Å². The fourth-order valence-corrected chi connectivity index (χ4v) is 4.15. The second-order valence-corrected chi connectivity index (χ2v) is 7.20. The molecule has 24 heavy (non-hydrogen) atoms. The molecule has 2 saturated heterocycles. The number of amides is 1. The zero-order chi connectivity index (χ0) is 16.7. The van der Waals surface area contributed by atoms with Crippen molar-refractivity contribution in [2.45, 2.75) is 31.2 Å². The number of hydrogen-bond donors (Lipinski definition) is 2. The van der Waals surface area contributed by atoms with E-state index in [0.29, 0.717) is 23.0 Å². The summed E-state index contributed by atoms with van der Waals surface area (Å²) in [5.41, 5.74) is 7.58. The molecule has 2 aliphatic rings. The lowest BCUT2D eigenvalue weighted by Crippen LogP contribution is -2.42. The van der Waals surface area contributed by atoms with Gasteiger partial charge in [0.1, 0.15) is 11.3 Å². The predicted octanol–water partition coefficient (Wildman–Crippen LogP) is 1.55. The molecule has 0 radical (unpaired) electrons. The molecule has 3 N–H and O–H groups in total. The molecule has 2 fully saturated rings. The second kappa shape index (κ2) is 6.18. The number of aromatic nitrogens is 2. The summed E-state index contributed by atoms with van der Waals surface area (Å²) < 4.78 is 0. The van der Waals surface area contributed by atoms with Crippen LogP contribution in [-0.4, -0.2) is 64.9 Å².